The molecular weight excluding hydrogens is 398 g/mol. The molecule has 0 saturated carbocycles. The van der Waals surface area contributed by atoms with Crippen molar-refractivity contribution in [2.75, 3.05) is 18.6 Å². The van der Waals surface area contributed by atoms with E-state index in [9.17, 15) is 14.4 Å². The van der Waals surface area contributed by atoms with Gasteiger partial charge < -0.3 is 9.64 Å². The van der Waals surface area contributed by atoms with Gasteiger partial charge in [0.25, 0.3) is 0 Å². The Bertz CT molecular complexity index is 1030. The normalized spacial score (nSPS) is 15.9. The van der Waals surface area contributed by atoms with Crippen molar-refractivity contribution in [2.24, 2.45) is 0 Å². The summed E-state index contributed by atoms with van der Waals surface area (Å²) >= 11 is 1.56. The zero-order valence-corrected chi connectivity index (χ0v) is 18.9. The third kappa shape index (κ3) is 4.38. The smallest absolute Gasteiger partial charge is 0.306 e. The maximum absolute atomic E-state index is 12.4. The van der Waals surface area contributed by atoms with Crippen LogP contribution in [0.3, 0.4) is 0 Å². The monoisotopic (exact) mass is 425 g/mol. The van der Waals surface area contributed by atoms with Gasteiger partial charge >= 0.3 is 5.97 Å². The van der Waals surface area contributed by atoms with Crippen molar-refractivity contribution in [1.82, 2.24) is 0 Å². The number of carbonyl (C=O) groups is 3. The molecule has 0 aliphatic carbocycles. The highest BCUT2D eigenvalue weighted by Crippen LogP contribution is 2.46. The molecule has 0 radical (unpaired) electrons. The van der Waals surface area contributed by atoms with Crippen molar-refractivity contribution in [3.63, 3.8) is 0 Å². The maximum Gasteiger partial charge on any atom is 0.306 e. The van der Waals surface area contributed by atoms with Crippen molar-refractivity contribution in [3.8, 4) is 0 Å². The Kier molecular flexibility index (Phi) is 6.27. The summed E-state index contributed by atoms with van der Waals surface area (Å²) < 4.78 is 5.12. The predicted molar refractivity (Wildman–Crippen MR) is 119 cm³/mol. The summed E-state index contributed by atoms with van der Waals surface area (Å²) in [7, 11) is 1.93. The molecule has 0 fully saturated rings. The number of carbonyl (C=O) groups excluding carboxylic acids is 3. The van der Waals surface area contributed by atoms with Crippen LogP contribution in [0.1, 0.15) is 52.4 Å². The van der Waals surface area contributed by atoms with Gasteiger partial charge in [0.05, 0.1) is 6.42 Å². The van der Waals surface area contributed by atoms with Crippen LogP contribution in [-0.4, -0.2) is 31.2 Å². The van der Waals surface area contributed by atoms with E-state index in [1.54, 1.807) is 17.4 Å². The first-order valence-corrected chi connectivity index (χ1v) is 10.8. The molecule has 5 nitrogen and oxygen atoms in total. The van der Waals surface area contributed by atoms with Gasteiger partial charge in [0.2, 0.25) is 0 Å². The minimum Gasteiger partial charge on any atom is -0.457 e. The third-order valence-electron chi connectivity index (χ3n) is 5.51. The van der Waals surface area contributed by atoms with Gasteiger partial charge in [-0.25, -0.2) is 0 Å². The summed E-state index contributed by atoms with van der Waals surface area (Å²) in [5.41, 5.74) is 3.44. The molecule has 1 aromatic heterocycles. The highest BCUT2D eigenvalue weighted by atomic mass is 32.1. The number of hydrogen-bond donors (Lipinski definition) is 0. The summed E-state index contributed by atoms with van der Waals surface area (Å²) in [6.45, 7) is 7.66. The minimum absolute atomic E-state index is 0.0339. The fourth-order valence-electron chi connectivity index (χ4n) is 3.93. The molecule has 0 saturated heterocycles. The summed E-state index contributed by atoms with van der Waals surface area (Å²) in [5.74, 6) is -0.891. The number of ketones is 2. The van der Waals surface area contributed by atoms with E-state index in [0.717, 1.165) is 26.7 Å². The minimum atomic E-state index is -0.540. The Morgan fingerprint density at radius 2 is 1.83 bits per heavy atom. The summed E-state index contributed by atoms with van der Waals surface area (Å²) in [4.78, 5) is 40.8. The second kappa shape index (κ2) is 8.56. The molecule has 2 heterocycles. The van der Waals surface area contributed by atoms with Crippen LogP contribution >= 0.6 is 11.3 Å². The van der Waals surface area contributed by atoms with Crippen molar-refractivity contribution in [1.29, 1.82) is 0 Å². The first kappa shape index (κ1) is 22.0. The molecule has 1 aliphatic heterocycles. The highest BCUT2D eigenvalue weighted by molar-refractivity contribution is 7.12. The van der Waals surface area contributed by atoms with Crippen LogP contribution in [0.15, 0.2) is 42.1 Å². The third-order valence-corrected chi connectivity index (χ3v) is 6.48. The number of benzene rings is 1. The van der Waals surface area contributed by atoms with Gasteiger partial charge in [-0.15, -0.1) is 11.3 Å². The van der Waals surface area contributed by atoms with Gasteiger partial charge in [-0.2, -0.15) is 0 Å². The van der Waals surface area contributed by atoms with Gasteiger partial charge in [-0.3, -0.25) is 14.4 Å². The van der Waals surface area contributed by atoms with Gasteiger partial charge in [0, 0.05) is 51.7 Å². The number of anilines is 1. The van der Waals surface area contributed by atoms with Crippen LogP contribution in [0.5, 0.6) is 0 Å². The molecule has 0 amide bonds. The molecule has 2 aromatic rings. The standard InChI is InChI=1S/C24H27NO4S/c1-15-12-18(16(2)30-15)21(27)10-11-23(28)29-14-17(26)13-22-24(3,4)19-8-6-7-9-20(19)25(22)5/h6-9,12-13H,10-11,14H2,1-5H3. The lowest BCUT2D eigenvalue weighted by molar-refractivity contribution is -0.146. The lowest BCUT2D eigenvalue weighted by atomic mass is 9.83. The van der Waals surface area contributed by atoms with E-state index in [4.69, 9.17) is 4.74 Å². The molecule has 30 heavy (non-hydrogen) atoms. The number of hydrogen-bond acceptors (Lipinski definition) is 6. The zero-order valence-electron chi connectivity index (χ0n) is 18.1. The van der Waals surface area contributed by atoms with E-state index in [-0.39, 0.29) is 36.4 Å². The number of allylic oxidation sites excluding steroid dienone is 1. The van der Waals surface area contributed by atoms with Crippen molar-refractivity contribution >= 4 is 34.6 Å². The van der Waals surface area contributed by atoms with Crippen molar-refractivity contribution < 1.29 is 19.1 Å². The first-order chi connectivity index (χ1) is 14.1. The Balaban J connectivity index is 1.55. The SMILES string of the molecule is Cc1cc(C(=O)CCC(=O)OCC(=O)C=C2N(C)c3ccccc3C2(C)C)c(C)s1. The Morgan fingerprint density at radius 3 is 2.47 bits per heavy atom. The highest BCUT2D eigenvalue weighted by Gasteiger charge is 2.38. The number of nitrogens with zero attached hydrogens (tertiary/aromatic N) is 1. The van der Waals surface area contributed by atoms with Crippen LogP contribution in [0.4, 0.5) is 5.69 Å². The van der Waals surface area contributed by atoms with Crippen LogP contribution in [0.25, 0.3) is 0 Å². The second-order valence-electron chi connectivity index (χ2n) is 8.11. The number of Topliss-reactive ketones (excluding diaryl/α,β-unsaturated/α-hetero) is 1. The van der Waals surface area contributed by atoms with Crippen LogP contribution in [0, 0.1) is 13.8 Å². The van der Waals surface area contributed by atoms with E-state index in [1.165, 1.54) is 0 Å². The van der Waals surface area contributed by atoms with Crippen molar-refractivity contribution in [2.45, 2.75) is 46.0 Å². The molecule has 0 bridgehead atoms. The second-order valence-corrected chi connectivity index (χ2v) is 9.57. The van der Waals surface area contributed by atoms with Crippen LogP contribution in [-0.2, 0) is 19.7 Å². The van der Waals surface area contributed by atoms with Gasteiger partial charge in [0.1, 0.15) is 0 Å². The molecule has 158 valence electrons. The molecular formula is C24H27NO4S. The molecule has 1 aliphatic rings. The average Bonchev–Trinajstić information content (AvgIpc) is 3.14. The number of likely N-dealkylation sites (N-methyl/N-ethyl adjacent to an activating group) is 1. The number of para-hydroxylation sites is 1. The van der Waals surface area contributed by atoms with Crippen LogP contribution in [0.2, 0.25) is 0 Å². The summed E-state index contributed by atoms with van der Waals surface area (Å²) in [6, 6.07) is 9.89. The van der Waals surface area contributed by atoms with E-state index < -0.39 is 5.97 Å². The van der Waals surface area contributed by atoms with E-state index >= 15 is 0 Å². The van der Waals surface area contributed by atoms with Gasteiger partial charge in [-0.1, -0.05) is 32.0 Å². The fraction of sp³-hybridized carbons (Fsp3) is 0.375. The predicted octanol–water partition coefficient (Wildman–Crippen LogP) is 4.75. The average molecular weight is 426 g/mol. The Hall–Kier alpha value is -2.73. The van der Waals surface area contributed by atoms with Gasteiger partial charge in [-0.05, 0) is 31.5 Å². The van der Waals surface area contributed by atoms with E-state index in [1.807, 2.05) is 50.1 Å². The van der Waals surface area contributed by atoms with Crippen molar-refractivity contribution in [3.05, 3.63) is 63.0 Å². The number of esters is 1. The summed E-state index contributed by atoms with van der Waals surface area (Å²) in [6.07, 6.45) is 1.60. The molecule has 0 N–H and O–H groups in total. The number of thiophene rings is 1. The summed E-state index contributed by atoms with van der Waals surface area (Å²) in [5, 5.41) is 0. The largest absolute Gasteiger partial charge is 0.457 e. The van der Waals surface area contributed by atoms with E-state index in [2.05, 4.69) is 19.9 Å². The number of aryl methyl sites for hydroxylation is 2. The quantitative estimate of drug-likeness (QED) is 0.364. The first-order valence-electron chi connectivity index (χ1n) is 9.95. The topological polar surface area (TPSA) is 63.7 Å². The molecule has 0 unspecified atom stereocenters. The molecule has 0 spiro atoms. The Labute approximate surface area is 181 Å². The number of ether oxygens (including phenoxy) is 1. The molecule has 3 rings (SSSR count). The van der Waals surface area contributed by atoms with Gasteiger partial charge in [0.15, 0.2) is 18.2 Å². The maximum atomic E-state index is 12.4. The molecule has 1 aromatic carbocycles. The molecule has 0 atom stereocenters. The lowest BCUT2D eigenvalue weighted by Crippen LogP contribution is -2.25. The number of rotatable bonds is 7. The van der Waals surface area contributed by atoms with Crippen LogP contribution < -0.4 is 4.90 Å². The Morgan fingerprint density at radius 1 is 1.13 bits per heavy atom. The fourth-order valence-corrected chi connectivity index (χ4v) is 4.88. The van der Waals surface area contributed by atoms with E-state index in [0.29, 0.717) is 5.56 Å². The zero-order chi connectivity index (χ0) is 22.1. The number of fused-ring (bicyclic) bond motifs is 1. The molecule has 6 heteroatoms. The lowest BCUT2D eigenvalue weighted by Gasteiger charge is -2.23.